The summed E-state index contributed by atoms with van der Waals surface area (Å²) in [5.41, 5.74) is 0. The summed E-state index contributed by atoms with van der Waals surface area (Å²) >= 11 is 6.91. The molecule has 0 aromatic carbocycles. The molecule has 1 aromatic rings. The fourth-order valence-corrected chi connectivity index (χ4v) is 1.28. The lowest BCUT2D eigenvalue weighted by Crippen LogP contribution is -1.99. The van der Waals surface area contributed by atoms with Crippen LogP contribution in [0.3, 0.4) is 0 Å². The number of ether oxygens (including phenoxy) is 1. The molecule has 54 valence electrons. The van der Waals surface area contributed by atoms with E-state index in [0.717, 1.165) is 0 Å². The Bertz CT molecular complexity index is 244. The van der Waals surface area contributed by atoms with Gasteiger partial charge in [-0.3, -0.25) is 4.79 Å². The van der Waals surface area contributed by atoms with Crippen LogP contribution in [0.15, 0.2) is 11.4 Å². The second-order valence-electron chi connectivity index (χ2n) is 1.68. The van der Waals surface area contributed by atoms with Crippen LogP contribution in [0, 0.1) is 0 Å². The minimum absolute atomic E-state index is 0.325. The molecule has 0 aliphatic rings. The molecule has 1 heterocycles. The molecule has 1 rings (SSSR count). The zero-order valence-corrected chi connectivity index (χ0v) is 6.83. The van der Waals surface area contributed by atoms with Crippen molar-refractivity contribution in [3.8, 4) is 5.75 Å². The van der Waals surface area contributed by atoms with Crippen molar-refractivity contribution >= 4 is 28.9 Å². The number of esters is 1. The number of carbonyl (C=O) groups excluding carboxylic acids is 1. The normalized spacial score (nSPS) is 9.40. The quantitative estimate of drug-likeness (QED) is 0.614. The maximum Gasteiger partial charge on any atom is 0.308 e. The Labute approximate surface area is 67.4 Å². The minimum atomic E-state index is -0.325. The van der Waals surface area contributed by atoms with Gasteiger partial charge in [-0.05, 0) is 0 Å². The predicted octanol–water partition coefficient (Wildman–Crippen LogP) is 2.33. The van der Waals surface area contributed by atoms with Crippen LogP contribution >= 0.6 is 22.9 Å². The van der Waals surface area contributed by atoms with Crippen molar-refractivity contribution in [3.63, 3.8) is 0 Å². The van der Waals surface area contributed by atoms with Crippen molar-refractivity contribution in [2.45, 2.75) is 6.92 Å². The minimum Gasteiger partial charge on any atom is -0.426 e. The van der Waals surface area contributed by atoms with Gasteiger partial charge in [0.2, 0.25) is 0 Å². The molecule has 0 aliphatic carbocycles. The Balaban J connectivity index is 2.67. The van der Waals surface area contributed by atoms with Crippen LogP contribution in [-0.2, 0) is 4.79 Å². The van der Waals surface area contributed by atoms with E-state index in [9.17, 15) is 4.79 Å². The number of hydrogen-bond acceptors (Lipinski definition) is 3. The van der Waals surface area contributed by atoms with Crippen LogP contribution in [0.25, 0.3) is 0 Å². The van der Waals surface area contributed by atoms with Crippen molar-refractivity contribution in [1.29, 1.82) is 0 Å². The molecule has 0 unspecified atom stereocenters. The summed E-state index contributed by atoms with van der Waals surface area (Å²) in [6.45, 7) is 1.35. The average molecular weight is 177 g/mol. The maximum atomic E-state index is 10.4. The van der Waals surface area contributed by atoms with Gasteiger partial charge in [0.1, 0.15) is 5.75 Å². The monoisotopic (exact) mass is 176 g/mol. The zero-order chi connectivity index (χ0) is 7.56. The first-order valence-corrected chi connectivity index (χ1v) is 3.86. The highest BCUT2D eigenvalue weighted by atomic mass is 35.5. The van der Waals surface area contributed by atoms with Crippen molar-refractivity contribution < 1.29 is 9.53 Å². The van der Waals surface area contributed by atoms with Crippen molar-refractivity contribution in [2.75, 3.05) is 0 Å². The molecular formula is C6H5ClO2S. The van der Waals surface area contributed by atoms with Gasteiger partial charge in [0.25, 0.3) is 0 Å². The molecule has 10 heavy (non-hydrogen) atoms. The van der Waals surface area contributed by atoms with E-state index in [1.54, 1.807) is 11.4 Å². The van der Waals surface area contributed by atoms with Crippen molar-refractivity contribution in [2.24, 2.45) is 0 Å². The molecule has 1 aromatic heterocycles. The molecule has 0 amide bonds. The third kappa shape index (κ3) is 2.01. The summed E-state index contributed by atoms with van der Waals surface area (Å²) in [6.07, 6.45) is 0. The van der Waals surface area contributed by atoms with Crippen LogP contribution in [0.4, 0.5) is 0 Å². The molecule has 0 bridgehead atoms. The molecule has 0 aliphatic heterocycles. The van der Waals surface area contributed by atoms with Crippen LogP contribution < -0.4 is 4.74 Å². The lowest BCUT2D eigenvalue weighted by atomic mass is 10.6. The van der Waals surface area contributed by atoms with Crippen LogP contribution in [0.1, 0.15) is 6.92 Å². The van der Waals surface area contributed by atoms with Gasteiger partial charge in [-0.15, -0.1) is 11.3 Å². The fourth-order valence-electron chi connectivity index (χ4n) is 0.514. The first-order chi connectivity index (χ1) is 4.68. The van der Waals surface area contributed by atoms with Crippen molar-refractivity contribution in [1.82, 2.24) is 0 Å². The number of hydrogen-bond donors (Lipinski definition) is 0. The lowest BCUT2D eigenvalue weighted by Gasteiger charge is -1.92. The van der Waals surface area contributed by atoms with Gasteiger partial charge < -0.3 is 4.74 Å². The Hall–Kier alpha value is -0.540. The van der Waals surface area contributed by atoms with Gasteiger partial charge >= 0.3 is 5.97 Å². The molecule has 0 radical (unpaired) electrons. The Morgan fingerprint density at radius 1 is 1.80 bits per heavy atom. The molecule has 0 spiro atoms. The SMILES string of the molecule is CC(=O)Oc1csc(Cl)c1. The topological polar surface area (TPSA) is 26.3 Å². The van der Waals surface area contributed by atoms with E-state index in [-0.39, 0.29) is 5.97 Å². The number of thiophene rings is 1. The molecule has 0 fully saturated rings. The second-order valence-corrected chi connectivity index (χ2v) is 3.22. The van der Waals surface area contributed by atoms with Gasteiger partial charge in [0, 0.05) is 18.4 Å². The Morgan fingerprint density at radius 2 is 2.50 bits per heavy atom. The molecule has 0 atom stereocenters. The summed E-state index contributed by atoms with van der Waals surface area (Å²) < 4.78 is 5.34. The second kappa shape index (κ2) is 3.03. The lowest BCUT2D eigenvalue weighted by molar-refractivity contribution is -0.131. The van der Waals surface area contributed by atoms with Gasteiger partial charge in [-0.2, -0.15) is 0 Å². The third-order valence-corrected chi connectivity index (χ3v) is 1.87. The van der Waals surface area contributed by atoms with E-state index < -0.39 is 0 Å². The van der Waals surface area contributed by atoms with Gasteiger partial charge in [0.15, 0.2) is 0 Å². The number of halogens is 1. The summed E-state index contributed by atoms with van der Waals surface area (Å²) in [4.78, 5) is 10.4. The fraction of sp³-hybridized carbons (Fsp3) is 0.167. The summed E-state index contributed by atoms with van der Waals surface area (Å²) in [5, 5.41) is 1.68. The van der Waals surface area contributed by atoms with Crippen LogP contribution in [0.2, 0.25) is 4.34 Å². The first kappa shape index (κ1) is 7.57. The number of rotatable bonds is 1. The molecular weight excluding hydrogens is 172 g/mol. The standard InChI is InChI=1S/C6H5ClO2S/c1-4(8)9-5-2-6(7)10-3-5/h2-3H,1H3. The summed E-state index contributed by atoms with van der Waals surface area (Å²) in [7, 11) is 0. The zero-order valence-electron chi connectivity index (χ0n) is 5.26. The number of carbonyl (C=O) groups is 1. The smallest absolute Gasteiger partial charge is 0.308 e. The summed E-state index contributed by atoms with van der Waals surface area (Å²) in [5.74, 6) is 0.192. The van der Waals surface area contributed by atoms with E-state index in [0.29, 0.717) is 10.1 Å². The van der Waals surface area contributed by atoms with Gasteiger partial charge in [0.05, 0.1) is 4.34 Å². The van der Waals surface area contributed by atoms with Crippen LogP contribution in [0.5, 0.6) is 5.75 Å². The van der Waals surface area contributed by atoms with Crippen LogP contribution in [-0.4, -0.2) is 5.97 Å². The summed E-state index contributed by atoms with van der Waals surface area (Å²) in [6, 6.07) is 1.60. The van der Waals surface area contributed by atoms with E-state index in [1.165, 1.54) is 18.3 Å². The van der Waals surface area contributed by atoms with Crippen molar-refractivity contribution in [3.05, 3.63) is 15.8 Å². The van der Waals surface area contributed by atoms with Gasteiger partial charge in [-0.1, -0.05) is 11.6 Å². The highest BCUT2D eigenvalue weighted by Crippen LogP contribution is 2.25. The first-order valence-electron chi connectivity index (χ1n) is 2.61. The van der Waals surface area contributed by atoms with E-state index >= 15 is 0 Å². The van der Waals surface area contributed by atoms with E-state index in [1.807, 2.05) is 0 Å². The molecule has 0 saturated heterocycles. The average Bonchev–Trinajstić information content (AvgIpc) is 2.13. The third-order valence-electron chi connectivity index (χ3n) is 0.805. The molecule has 0 N–H and O–H groups in total. The molecule has 0 saturated carbocycles. The largest absolute Gasteiger partial charge is 0.426 e. The highest BCUT2D eigenvalue weighted by Gasteiger charge is 1.99. The van der Waals surface area contributed by atoms with E-state index in [2.05, 4.69) is 0 Å². The molecule has 2 nitrogen and oxygen atoms in total. The highest BCUT2D eigenvalue weighted by molar-refractivity contribution is 7.14. The Morgan fingerprint density at radius 3 is 2.90 bits per heavy atom. The Kier molecular flexibility index (Phi) is 2.29. The molecule has 4 heteroatoms. The predicted molar refractivity (Wildman–Crippen MR) is 40.6 cm³/mol. The maximum absolute atomic E-state index is 10.4. The van der Waals surface area contributed by atoms with Gasteiger partial charge in [-0.25, -0.2) is 0 Å². The van der Waals surface area contributed by atoms with E-state index in [4.69, 9.17) is 16.3 Å².